The van der Waals surface area contributed by atoms with E-state index in [1.807, 2.05) is 24.3 Å². The molecule has 41 heavy (non-hydrogen) atoms. The lowest BCUT2D eigenvalue weighted by Gasteiger charge is -2.34. The number of piperazine rings is 1. The van der Waals surface area contributed by atoms with E-state index < -0.39 is 5.82 Å². The highest BCUT2D eigenvalue weighted by molar-refractivity contribution is 6.35. The number of phenols is 1. The number of ether oxygens (including phenoxy) is 1. The Balaban J connectivity index is 1.25. The third-order valence-electron chi connectivity index (χ3n) is 9.71. The quantitative estimate of drug-likeness (QED) is 0.315. The topological polar surface area (TPSA) is 73.8 Å². The van der Waals surface area contributed by atoms with Gasteiger partial charge in [-0.2, -0.15) is 9.97 Å². The van der Waals surface area contributed by atoms with Crippen LogP contribution in [0.2, 0.25) is 5.02 Å². The molecule has 3 atom stereocenters. The fraction of sp³-hybridized carbons (Fsp3) is 0.438. The highest BCUT2D eigenvalue weighted by atomic mass is 35.5. The van der Waals surface area contributed by atoms with Crippen molar-refractivity contribution in [2.45, 2.75) is 50.2 Å². The normalized spacial score (nSPS) is 25.0. The number of fused-ring (bicyclic) bond motifs is 4. The van der Waals surface area contributed by atoms with Crippen molar-refractivity contribution in [3.05, 3.63) is 53.3 Å². The number of nitrogens with one attached hydrogen (secondary N) is 1. The van der Waals surface area contributed by atoms with Crippen LogP contribution in [0.15, 0.2) is 42.5 Å². The van der Waals surface area contributed by atoms with Gasteiger partial charge in [0.1, 0.15) is 23.7 Å². The smallest absolute Gasteiger partial charge is 0.319 e. The number of nitrogens with zero attached hydrogens (tertiary/aromatic N) is 4. The maximum Gasteiger partial charge on any atom is 0.319 e. The van der Waals surface area contributed by atoms with Crippen molar-refractivity contribution in [2.24, 2.45) is 5.41 Å². The minimum atomic E-state index is -0.537. The summed E-state index contributed by atoms with van der Waals surface area (Å²) in [5, 5.41) is 16.6. The number of halogens is 2. The van der Waals surface area contributed by atoms with Crippen LogP contribution in [0, 0.1) is 11.2 Å². The molecule has 3 aliphatic heterocycles. The molecule has 9 heteroatoms. The first-order valence-electron chi connectivity index (χ1n) is 14.6. The molecule has 3 aromatic carbocycles. The molecule has 4 fully saturated rings. The molecule has 4 aromatic rings. The average molecular weight is 574 g/mol. The Bertz CT molecular complexity index is 1680. The monoisotopic (exact) mass is 573 g/mol. The van der Waals surface area contributed by atoms with Crippen molar-refractivity contribution in [3.8, 4) is 22.9 Å². The van der Waals surface area contributed by atoms with Crippen LogP contribution in [0.25, 0.3) is 32.8 Å². The molecule has 1 spiro atoms. The van der Waals surface area contributed by atoms with Gasteiger partial charge in [0.25, 0.3) is 0 Å². The molecule has 2 N–H and O–H groups in total. The molecule has 1 saturated carbocycles. The lowest BCUT2D eigenvalue weighted by Crippen LogP contribution is -2.51. The van der Waals surface area contributed by atoms with Crippen LogP contribution >= 0.6 is 11.6 Å². The standard InChI is InChI=1S/C32H33ClFN5O2/c1-38-17-32(8-9-32)13-21(38)16-41-31-36-29-25(30(37-31)39-14-19-6-7-20(15-39)35-19)12-26(33)27(28(29)34)24-11-22(40)10-18-4-2-3-5-23(18)24/h2-5,10-12,19-21,35,40H,6-9,13-17H2,1H3/t19?,20?,21-/m0/s1. The molecule has 7 nitrogen and oxygen atoms in total. The Labute approximate surface area is 243 Å². The maximum atomic E-state index is 16.7. The Kier molecular flexibility index (Phi) is 5.85. The van der Waals surface area contributed by atoms with Gasteiger partial charge in [0, 0.05) is 48.7 Å². The number of hydrogen-bond acceptors (Lipinski definition) is 7. The SMILES string of the molecule is CN1CC2(CC2)C[C@H]1COc1nc(N2CC3CCC(C2)N3)c2cc(Cl)c(-c3cc(O)cc4ccccc34)c(F)c2n1. The van der Waals surface area contributed by atoms with E-state index in [0.717, 1.165) is 49.7 Å². The van der Waals surface area contributed by atoms with Crippen LogP contribution in [0.4, 0.5) is 10.2 Å². The minimum absolute atomic E-state index is 0.0482. The number of benzene rings is 3. The predicted molar refractivity (Wildman–Crippen MR) is 159 cm³/mol. The lowest BCUT2D eigenvalue weighted by atomic mass is 9.96. The second-order valence-electron chi connectivity index (χ2n) is 12.6. The van der Waals surface area contributed by atoms with E-state index in [-0.39, 0.29) is 27.9 Å². The van der Waals surface area contributed by atoms with Gasteiger partial charge in [-0.15, -0.1) is 0 Å². The van der Waals surface area contributed by atoms with Gasteiger partial charge < -0.3 is 20.1 Å². The summed E-state index contributed by atoms with van der Waals surface area (Å²) in [6.07, 6.45) is 5.92. The van der Waals surface area contributed by atoms with Gasteiger partial charge in [0.15, 0.2) is 5.82 Å². The largest absolute Gasteiger partial charge is 0.508 e. The van der Waals surface area contributed by atoms with Crippen molar-refractivity contribution in [2.75, 3.05) is 38.2 Å². The summed E-state index contributed by atoms with van der Waals surface area (Å²) < 4.78 is 23.0. The van der Waals surface area contributed by atoms with E-state index in [2.05, 4.69) is 27.1 Å². The van der Waals surface area contributed by atoms with Crippen LogP contribution in [0.5, 0.6) is 11.8 Å². The Hall–Kier alpha value is -3.20. The fourth-order valence-corrected chi connectivity index (χ4v) is 7.75. The molecule has 0 amide bonds. The van der Waals surface area contributed by atoms with Crippen LogP contribution in [0.3, 0.4) is 0 Å². The maximum absolute atomic E-state index is 16.7. The third-order valence-corrected chi connectivity index (χ3v) is 10.0. The van der Waals surface area contributed by atoms with Crippen LogP contribution in [-0.4, -0.2) is 71.4 Å². The van der Waals surface area contributed by atoms with E-state index in [0.29, 0.717) is 46.9 Å². The molecule has 2 bridgehead atoms. The number of likely N-dealkylation sites (N-methyl/N-ethyl adjacent to an activating group) is 1. The Morgan fingerprint density at radius 2 is 1.88 bits per heavy atom. The van der Waals surface area contributed by atoms with Crippen molar-refractivity contribution < 1.29 is 14.2 Å². The third kappa shape index (κ3) is 4.39. The van der Waals surface area contributed by atoms with Crippen LogP contribution in [-0.2, 0) is 0 Å². The van der Waals surface area contributed by atoms with Crippen LogP contribution < -0.4 is 15.0 Å². The van der Waals surface area contributed by atoms with E-state index in [4.69, 9.17) is 21.3 Å². The zero-order chi connectivity index (χ0) is 27.9. The first-order chi connectivity index (χ1) is 19.9. The molecule has 4 heterocycles. The summed E-state index contributed by atoms with van der Waals surface area (Å²) in [7, 11) is 2.15. The predicted octanol–water partition coefficient (Wildman–Crippen LogP) is 5.75. The molecular weight excluding hydrogens is 541 g/mol. The summed E-state index contributed by atoms with van der Waals surface area (Å²) in [5.41, 5.74) is 1.38. The minimum Gasteiger partial charge on any atom is -0.508 e. The number of rotatable bonds is 5. The van der Waals surface area contributed by atoms with Gasteiger partial charge in [0.2, 0.25) is 0 Å². The lowest BCUT2D eigenvalue weighted by molar-refractivity contribution is 0.188. The summed E-state index contributed by atoms with van der Waals surface area (Å²) in [5.74, 6) is 0.173. The first kappa shape index (κ1) is 25.5. The number of hydrogen-bond donors (Lipinski definition) is 2. The highest BCUT2D eigenvalue weighted by Gasteiger charge is 2.50. The Morgan fingerprint density at radius 1 is 1.10 bits per heavy atom. The van der Waals surface area contributed by atoms with Gasteiger partial charge in [-0.3, -0.25) is 4.90 Å². The fourth-order valence-electron chi connectivity index (χ4n) is 7.46. The van der Waals surface area contributed by atoms with E-state index in [9.17, 15) is 5.11 Å². The zero-order valence-electron chi connectivity index (χ0n) is 23.0. The molecule has 2 unspecified atom stereocenters. The van der Waals surface area contributed by atoms with Gasteiger partial charge in [-0.25, -0.2) is 4.39 Å². The van der Waals surface area contributed by atoms with Gasteiger partial charge in [0.05, 0.1) is 5.02 Å². The van der Waals surface area contributed by atoms with E-state index in [1.165, 1.54) is 12.8 Å². The molecule has 212 valence electrons. The number of aromatic nitrogens is 2. The number of anilines is 1. The average Bonchev–Trinajstić information content (AvgIpc) is 3.52. The van der Waals surface area contributed by atoms with Gasteiger partial charge in [-0.1, -0.05) is 35.9 Å². The molecule has 0 radical (unpaired) electrons. The van der Waals surface area contributed by atoms with Crippen molar-refractivity contribution in [1.82, 2.24) is 20.2 Å². The highest BCUT2D eigenvalue weighted by Crippen LogP contribution is 2.54. The zero-order valence-corrected chi connectivity index (χ0v) is 23.8. The van der Waals surface area contributed by atoms with E-state index in [1.54, 1.807) is 18.2 Å². The molecule has 4 aliphatic rings. The second kappa shape index (κ2) is 9.41. The molecular formula is C32H33ClFN5O2. The molecule has 8 rings (SSSR count). The van der Waals surface area contributed by atoms with Crippen molar-refractivity contribution >= 4 is 39.1 Å². The molecule has 1 aliphatic carbocycles. The van der Waals surface area contributed by atoms with Gasteiger partial charge >= 0.3 is 6.01 Å². The van der Waals surface area contributed by atoms with Crippen LogP contribution in [0.1, 0.15) is 32.1 Å². The summed E-state index contributed by atoms with van der Waals surface area (Å²) >= 11 is 6.87. The molecule has 1 aromatic heterocycles. The molecule has 3 saturated heterocycles. The summed E-state index contributed by atoms with van der Waals surface area (Å²) in [4.78, 5) is 14.2. The number of likely N-dealkylation sites (tertiary alicyclic amines) is 1. The number of phenolic OH excluding ortho intramolecular Hbond substituents is 1. The second-order valence-corrected chi connectivity index (χ2v) is 13.0. The van der Waals surface area contributed by atoms with Crippen molar-refractivity contribution in [3.63, 3.8) is 0 Å². The Morgan fingerprint density at radius 3 is 2.63 bits per heavy atom. The first-order valence-corrected chi connectivity index (χ1v) is 15.0. The summed E-state index contributed by atoms with van der Waals surface area (Å²) in [6.45, 7) is 3.14. The summed E-state index contributed by atoms with van der Waals surface area (Å²) in [6, 6.07) is 13.8. The van der Waals surface area contributed by atoms with Gasteiger partial charge in [-0.05, 0) is 79.1 Å². The van der Waals surface area contributed by atoms with Crippen molar-refractivity contribution in [1.29, 1.82) is 0 Å². The number of aromatic hydroxyl groups is 1. The van der Waals surface area contributed by atoms with E-state index >= 15 is 4.39 Å².